The van der Waals surface area contributed by atoms with Crippen molar-refractivity contribution in [2.45, 2.75) is 166 Å². The Morgan fingerprint density at radius 3 is 1.89 bits per heavy atom. The van der Waals surface area contributed by atoms with Crippen LogP contribution < -0.4 is 5.73 Å². The van der Waals surface area contributed by atoms with Gasteiger partial charge in [0.1, 0.15) is 0 Å². The van der Waals surface area contributed by atoms with Crippen molar-refractivity contribution in [3.63, 3.8) is 0 Å². The molecule has 0 aliphatic heterocycles. The van der Waals surface area contributed by atoms with Crippen molar-refractivity contribution in [1.29, 1.82) is 0 Å². The summed E-state index contributed by atoms with van der Waals surface area (Å²) in [6, 6.07) is 0.490. The molecule has 4 aliphatic rings. The van der Waals surface area contributed by atoms with Crippen LogP contribution in [0.1, 0.15) is 160 Å². The van der Waals surface area contributed by atoms with E-state index < -0.39 is 0 Å². The van der Waals surface area contributed by atoms with Gasteiger partial charge < -0.3 is 5.73 Å². The zero-order valence-electron chi connectivity index (χ0n) is 26.4. The van der Waals surface area contributed by atoms with Gasteiger partial charge in [-0.25, -0.2) is 0 Å². The third-order valence-electron chi connectivity index (χ3n) is 10.9. The standard InChI is InChI=1S/C24H43N.C6H14.2C2H6/c1-15(2)12-16(3)20-8-9-21-19-7-6-17-13-18(25)14-24(17,5)22(19)10-11-23(20,21)4;1-3-5-6-4-2;2*1-2/h15-22H,6-14,25H2,1-5H3;3-6H2,1-2H3;2*1-2H3. The normalized spacial score (nSPS) is 40.0. The van der Waals surface area contributed by atoms with Gasteiger partial charge in [0, 0.05) is 6.04 Å². The highest BCUT2D eigenvalue weighted by atomic mass is 14.7. The highest BCUT2D eigenvalue weighted by Gasteiger charge is 2.61. The van der Waals surface area contributed by atoms with E-state index in [9.17, 15) is 0 Å². The molecule has 9 atom stereocenters. The SMILES string of the molecule is CC.CC.CC(C)CC(C)C1CCC2C3CCC4CC(N)CC4(C)C3CCC12C.CCCCCC. The van der Waals surface area contributed by atoms with Gasteiger partial charge in [-0.1, -0.05) is 102 Å². The molecule has 2 N–H and O–H groups in total. The number of fused-ring (bicyclic) bond motifs is 5. The molecule has 210 valence electrons. The molecular weight excluding hydrogens is 422 g/mol. The lowest BCUT2D eigenvalue weighted by Crippen LogP contribution is -2.51. The zero-order chi connectivity index (χ0) is 26.8. The van der Waals surface area contributed by atoms with Gasteiger partial charge in [-0.05, 0) is 110 Å². The quantitative estimate of drug-likeness (QED) is 0.367. The van der Waals surface area contributed by atoms with Gasteiger partial charge in [0.15, 0.2) is 0 Å². The number of rotatable bonds is 6. The number of hydrogen-bond donors (Lipinski definition) is 1. The maximum Gasteiger partial charge on any atom is 0.00470 e. The van der Waals surface area contributed by atoms with E-state index in [-0.39, 0.29) is 0 Å². The number of nitrogens with two attached hydrogens (primary N) is 1. The lowest BCUT2D eigenvalue weighted by molar-refractivity contribution is -0.0906. The van der Waals surface area contributed by atoms with Gasteiger partial charge in [-0.15, -0.1) is 0 Å². The van der Waals surface area contributed by atoms with Crippen LogP contribution in [0.2, 0.25) is 0 Å². The average Bonchev–Trinajstić information content (AvgIpc) is 3.35. The van der Waals surface area contributed by atoms with E-state index in [1.54, 1.807) is 0 Å². The topological polar surface area (TPSA) is 26.0 Å². The average molecular weight is 492 g/mol. The second kappa shape index (κ2) is 15.4. The molecule has 0 bridgehead atoms. The van der Waals surface area contributed by atoms with E-state index in [0.717, 1.165) is 41.4 Å². The maximum atomic E-state index is 6.44. The fraction of sp³-hybridized carbons (Fsp3) is 1.00. The van der Waals surface area contributed by atoms with Crippen molar-refractivity contribution >= 4 is 0 Å². The third kappa shape index (κ3) is 7.51. The Kier molecular flexibility index (Phi) is 14.5. The molecular formula is C34H69N. The predicted octanol–water partition coefficient (Wildman–Crippen LogP) is 10.9. The Morgan fingerprint density at radius 2 is 1.34 bits per heavy atom. The molecule has 9 unspecified atom stereocenters. The van der Waals surface area contributed by atoms with E-state index in [4.69, 9.17) is 5.73 Å². The highest BCUT2D eigenvalue weighted by molar-refractivity contribution is 5.11. The summed E-state index contributed by atoms with van der Waals surface area (Å²) in [6.45, 7) is 25.2. The van der Waals surface area contributed by atoms with Gasteiger partial charge in [-0.2, -0.15) is 0 Å². The summed E-state index contributed by atoms with van der Waals surface area (Å²) < 4.78 is 0. The molecule has 1 heteroatoms. The number of unbranched alkanes of at least 4 members (excludes halogenated alkanes) is 3. The molecule has 0 aromatic heterocycles. The maximum absolute atomic E-state index is 6.44. The first kappa shape index (κ1) is 33.0. The van der Waals surface area contributed by atoms with E-state index in [1.807, 2.05) is 27.7 Å². The van der Waals surface area contributed by atoms with Gasteiger partial charge >= 0.3 is 0 Å². The molecule has 4 rings (SSSR count). The highest BCUT2D eigenvalue weighted by Crippen LogP contribution is 2.68. The molecule has 35 heavy (non-hydrogen) atoms. The Morgan fingerprint density at radius 1 is 0.771 bits per heavy atom. The van der Waals surface area contributed by atoms with Gasteiger partial charge in [-0.3, -0.25) is 0 Å². The van der Waals surface area contributed by atoms with Crippen molar-refractivity contribution < 1.29 is 0 Å². The molecule has 0 heterocycles. The summed E-state index contributed by atoms with van der Waals surface area (Å²) in [4.78, 5) is 0. The largest absolute Gasteiger partial charge is 0.328 e. The first-order chi connectivity index (χ1) is 16.7. The lowest BCUT2D eigenvalue weighted by atomic mass is 9.47. The van der Waals surface area contributed by atoms with E-state index in [2.05, 4.69) is 48.5 Å². The molecule has 4 aliphatic carbocycles. The van der Waals surface area contributed by atoms with Crippen LogP contribution in [0, 0.1) is 52.3 Å². The van der Waals surface area contributed by atoms with Crippen LogP contribution in [-0.4, -0.2) is 6.04 Å². The second-order valence-electron chi connectivity index (χ2n) is 13.4. The molecule has 0 amide bonds. The minimum Gasteiger partial charge on any atom is -0.328 e. The van der Waals surface area contributed by atoms with E-state index in [0.29, 0.717) is 16.9 Å². The van der Waals surface area contributed by atoms with Crippen LogP contribution >= 0.6 is 0 Å². The predicted molar refractivity (Wildman–Crippen MR) is 160 cm³/mol. The summed E-state index contributed by atoms with van der Waals surface area (Å²) >= 11 is 0. The molecule has 4 saturated carbocycles. The van der Waals surface area contributed by atoms with Crippen LogP contribution in [0.25, 0.3) is 0 Å². The van der Waals surface area contributed by atoms with Crippen LogP contribution in [0.5, 0.6) is 0 Å². The van der Waals surface area contributed by atoms with Gasteiger partial charge in [0.05, 0.1) is 0 Å². The molecule has 0 aromatic rings. The second-order valence-corrected chi connectivity index (χ2v) is 13.4. The molecule has 0 aromatic carbocycles. The minimum absolute atomic E-state index is 0.490. The first-order valence-electron chi connectivity index (χ1n) is 16.4. The van der Waals surface area contributed by atoms with Crippen LogP contribution in [0.3, 0.4) is 0 Å². The summed E-state index contributed by atoms with van der Waals surface area (Å²) in [5.74, 6) is 6.70. The minimum atomic E-state index is 0.490. The Balaban J connectivity index is 0.000000531. The monoisotopic (exact) mass is 492 g/mol. The fourth-order valence-electron chi connectivity index (χ4n) is 9.64. The Hall–Kier alpha value is -0.0400. The van der Waals surface area contributed by atoms with Gasteiger partial charge in [0.25, 0.3) is 0 Å². The van der Waals surface area contributed by atoms with E-state index in [1.165, 1.54) is 83.5 Å². The first-order valence-corrected chi connectivity index (χ1v) is 16.4. The smallest absolute Gasteiger partial charge is 0.00470 e. The van der Waals surface area contributed by atoms with Crippen molar-refractivity contribution in [3.8, 4) is 0 Å². The number of hydrogen-bond acceptors (Lipinski definition) is 1. The van der Waals surface area contributed by atoms with Crippen molar-refractivity contribution in [2.24, 2.45) is 58.0 Å². The summed E-state index contributed by atoms with van der Waals surface area (Å²) in [6.07, 6.45) is 18.6. The molecule has 0 spiro atoms. The van der Waals surface area contributed by atoms with Gasteiger partial charge in [0.2, 0.25) is 0 Å². The molecule has 0 radical (unpaired) electrons. The van der Waals surface area contributed by atoms with Crippen molar-refractivity contribution in [3.05, 3.63) is 0 Å². The molecule has 0 saturated heterocycles. The Labute approximate surface area is 223 Å². The lowest BCUT2D eigenvalue weighted by Gasteiger charge is -2.58. The molecule has 1 nitrogen and oxygen atoms in total. The summed E-state index contributed by atoms with van der Waals surface area (Å²) in [7, 11) is 0. The Bertz CT molecular complexity index is 551. The summed E-state index contributed by atoms with van der Waals surface area (Å²) in [5, 5.41) is 0. The third-order valence-corrected chi connectivity index (χ3v) is 10.9. The summed E-state index contributed by atoms with van der Waals surface area (Å²) in [5.41, 5.74) is 7.66. The van der Waals surface area contributed by atoms with Crippen LogP contribution in [0.15, 0.2) is 0 Å². The fourth-order valence-corrected chi connectivity index (χ4v) is 9.64. The van der Waals surface area contributed by atoms with Crippen molar-refractivity contribution in [2.75, 3.05) is 0 Å². The zero-order valence-corrected chi connectivity index (χ0v) is 26.4. The van der Waals surface area contributed by atoms with Crippen LogP contribution in [-0.2, 0) is 0 Å². The van der Waals surface area contributed by atoms with Crippen molar-refractivity contribution in [1.82, 2.24) is 0 Å². The van der Waals surface area contributed by atoms with Crippen LogP contribution in [0.4, 0.5) is 0 Å². The van der Waals surface area contributed by atoms with E-state index >= 15 is 0 Å². The molecule has 4 fully saturated rings.